The molecule has 7 heteroatoms. The lowest BCUT2D eigenvalue weighted by atomic mass is 10.1. The number of halogens is 1. The first-order valence-electron chi connectivity index (χ1n) is 5.56. The van der Waals surface area contributed by atoms with Crippen LogP contribution in [0.3, 0.4) is 0 Å². The zero-order valence-electron chi connectivity index (χ0n) is 9.60. The summed E-state index contributed by atoms with van der Waals surface area (Å²) in [7, 11) is -3.34. The molecule has 0 amide bonds. The van der Waals surface area contributed by atoms with Crippen LogP contribution in [0.15, 0.2) is 10.4 Å². The van der Waals surface area contributed by atoms with Gasteiger partial charge in [0.15, 0.2) is 4.21 Å². The van der Waals surface area contributed by atoms with Crippen LogP contribution in [0.5, 0.6) is 0 Å². The second kappa shape index (κ2) is 5.34. The summed E-state index contributed by atoms with van der Waals surface area (Å²) in [4.78, 5) is 4.03. The molecule has 1 atom stereocenters. The molecule has 1 aromatic rings. The van der Waals surface area contributed by atoms with Crippen molar-refractivity contribution in [2.75, 3.05) is 11.9 Å². The maximum Gasteiger partial charge on any atom is 0.254 e. The fourth-order valence-electron chi connectivity index (χ4n) is 2.02. The molecule has 0 aromatic carbocycles. The second-order valence-electron chi connectivity index (χ2n) is 4.12. The normalized spacial score (nSPS) is 22.8. The summed E-state index contributed by atoms with van der Waals surface area (Å²) < 4.78 is 26.9. The Morgan fingerprint density at radius 2 is 2.35 bits per heavy atom. The topological polar surface area (TPSA) is 50.3 Å². The van der Waals surface area contributed by atoms with Crippen LogP contribution in [0.1, 0.15) is 24.3 Å². The molecule has 0 N–H and O–H groups in total. The van der Waals surface area contributed by atoms with Crippen molar-refractivity contribution < 1.29 is 8.42 Å². The van der Waals surface area contributed by atoms with Crippen LogP contribution in [0.25, 0.3) is 0 Å². The van der Waals surface area contributed by atoms with Crippen LogP contribution in [0, 0.1) is 6.92 Å². The predicted octanol–water partition coefficient (Wildman–Crippen LogP) is 2.39. The highest BCUT2D eigenvalue weighted by molar-refractivity contribution is 9.09. The highest BCUT2D eigenvalue weighted by atomic mass is 79.9. The Labute approximate surface area is 114 Å². The number of hydrogen-bond donors (Lipinski definition) is 0. The fraction of sp³-hybridized carbons (Fsp3) is 0.700. The number of hydrogen-bond acceptors (Lipinski definition) is 4. The molecule has 1 saturated heterocycles. The molecule has 17 heavy (non-hydrogen) atoms. The Balaban J connectivity index is 2.30. The number of piperidine rings is 1. The van der Waals surface area contributed by atoms with Crippen molar-refractivity contribution in [1.82, 2.24) is 9.29 Å². The summed E-state index contributed by atoms with van der Waals surface area (Å²) in [6, 6.07) is 0.0798. The van der Waals surface area contributed by atoms with E-state index < -0.39 is 10.0 Å². The van der Waals surface area contributed by atoms with Crippen molar-refractivity contribution in [3.05, 3.63) is 11.2 Å². The molecule has 1 aliphatic rings. The second-order valence-corrected chi connectivity index (χ2v) is 8.12. The third-order valence-electron chi connectivity index (χ3n) is 2.91. The first-order chi connectivity index (χ1) is 8.05. The quantitative estimate of drug-likeness (QED) is 0.795. The average Bonchev–Trinajstić information content (AvgIpc) is 2.76. The van der Waals surface area contributed by atoms with E-state index in [9.17, 15) is 8.42 Å². The summed E-state index contributed by atoms with van der Waals surface area (Å²) >= 11 is 4.65. The molecule has 2 rings (SSSR count). The maximum atomic E-state index is 12.4. The van der Waals surface area contributed by atoms with Crippen LogP contribution in [0.4, 0.5) is 0 Å². The lowest BCUT2D eigenvalue weighted by Crippen LogP contribution is -2.44. The lowest BCUT2D eigenvalue weighted by molar-refractivity contribution is 0.274. The number of aromatic nitrogens is 1. The SMILES string of the molecule is Cc1ncc(S(=O)(=O)N2CCCCC2CBr)s1. The van der Waals surface area contributed by atoms with Gasteiger partial charge in [-0.1, -0.05) is 22.4 Å². The van der Waals surface area contributed by atoms with Gasteiger partial charge in [0.25, 0.3) is 10.0 Å². The molecule has 1 unspecified atom stereocenters. The Kier molecular flexibility index (Phi) is 4.22. The number of aryl methyl sites for hydroxylation is 1. The van der Waals surface area contributed by atoms with Gasteiger partial charge in [0, 0.05) is 17.9 Å². The first kappa shape index (κ1) is 13.5. The average molecular weight is 339 g/mol. The molecular weight excluding hydrogens is 324 g/mol. The summed E-state index contributed by atoms with van der Waals surface area (Å²) in [5.41, 5.74) is 0. The molecule has 2 heterocycles. The molecule has 96 valence electrons. The van der Waals surface area contributed by atoms with Gasteiger partial charge in [-0.05, 0) is 19.8 Å². The van der Waals surface area contributed by atoms with E-state index in [1.165, 1.54) is 17.5 Å². The van der Waals surface area contributed by atoms with E-state index in [-0.39, 0.29) is 6.04 Å². The summed E-state index contributed by atoms with van der Waals surface area (Å²) in [5, 5.41) is 1.49. The largest absolute Gasteiger partial charge is 0.254 e. The summed E-state index contributed by atoms with van der Waals surface area (Å²) in [6.07, 6.45) is 4.45. The molecule has 0 radical (unpaired) electrons. The van der Waals surface area contributed by atoms with Crippen LogP contribution in [-0.2, 0) is 10.0 Å². The highest BCUT2D eigenvalue weighted by Crippen LogP contribution is 2.28. The van der Waals surface area contributed by atoms with Crippen LogP contribution in [0.2, 0.25) is 0 Å². The number of sulfonamides is 1. The van der Waals surface area contributed by atoms with Crippen LogP contribution < -0.4 is 0 Å². The van der Waals surface area contributed by atoms with E-state index in [4.69, 9.17) is 0 Å². The molecule has 0 saturated carbocycles. The molecule has 0 bridgehead atoms. The zero-order chi connectivity index (χ0) is 12.5. The molecule has 0 spiro atoms. The van der Waals surface area contributed by atoms with Crippen LogP contribution in [-0.4, -0.2) is 35.6 Å². The van der Waals surface area contributed by atoms with Crippen molar-refractivity contribution in [3.63, 3.8) is 0 Å². The minimum absolute atomic E-state index is 0.0798. The molecule has 1 aliphatic heterocycles. The van der Waals surface area contributed by atoms with Gasteiger partial charge in [-0.25, -0.2) is 13.4 Å². The molecular formula is C10H15BrN2O2S2. The Morgan fingerprint density at radius 3 is 2.94 bits per heavy atom. The van der Waals surface area contributed by atoms with E-state index in [1.807, 2.05) is 6.92 Å². The van der Waals surface area contributed by atoms with E-state index in [0.29, 0.717) is 16.1 Å². The van der Waals surface area contributed by atoms with Gasteiger partial charge in [-0.2, -0.15) is 4.31 Å². The van der Waals surface area contributed by atoms with Gasteiger partial charge in [0.05, 0.1) is 11.2 Å². The fourth-order valence-corrected chi connectivity index (χ4v) is 5.82. The third-order valence-corrected chi connectivity index (χ3v) is 6.96. The van der Waals surface area contributed by atoms with E-state index >= 15 is 0 Å². The number of rotatable bonds is 3. The zero-order valence-corrected chi connectivity index (χ0v) is 12.8. The molecule has 4 nitrogen and oxygen atoms in total. The number of alkyl halides is 1. The van der Waals surface area contributed by atoms with Crippen LogP contribution >= 0.6 is 27.3 Å². The first-order valence-corrected chi connectivity index (χ1v) is 8.93. The minimum Gasteiger partial charge on any atom is -0.249 e. The van der Waals surface area contributed by atoms with E-state index in [1.54, 1.807) is 4.31 Å². The molecule has 1 aromatic heterocycles. The van der Waals surface area contributed by atoms with Gasteiger partial charge < -0.3 is 0 Å². The lowest BCUT2D eigenvalue weighted by Gasteiger charge is -2.32. The van der Waals surface area contributed by atoms with Gasteiger partial charge in [0.1, 0.15) is 0 Å². The van der Waals surface area contributed by atoms with Crippen molar-refractivity contribution in [1.29, 1.82) is 0 Å². The third kappa shape index (κ3) is 2.72. The Morgan fingerprint density at radius 1 is 1.59 bits per heavy atom. The minimum atomic E-state index is -3.34. The van der Waals surface area contributed by atoms with Crippen molar-refractivity contribution >= 4 is 37.3 Å². The Bertz CT molecular complexity index is 486. The van der Waals surface area contributed by atoms with Crippen molar-refractivity contribution in [2.45, 2.75) is 36.4 Å². The van der Waals surface area contributed by atoms with Gasteiger partial charge in [-0.15, -0.1) is 11.3 Å². The summed E-state index contributed by atoms with van der Waals surface area (Å²) in [6.45, 7) is 2.44. The summed E-state index contributed by atoms with van der Waals surface area (Å²) in [5.74, 6) is 0. The van der Waals surface area contributed by atoms with E-state index in [2.05, 4.69) is 20.9 Å². The molecule has 1 fully saturated rings. The van der Waals surface area contributed by atoms with Crippen molar-refractivity contribution in [3.8, 4) is 0 Å². The smallest absolute Gasteiger partial charge is 0.249 e. The van der Waals surface area contributed by atoms with Gasteiger partial charge >= 0.3 is 0 Å². The van der Waals surface area contributed by atoms with Gasteiger partial charge in [-0.3, -0.25) is 0 Å². The van der Waals surface area contributed by atoms with Gasteiger partial charge in [0.2, 0.25) is 0 Å². The monoisotopic (exact) mass is 338 g/mol. The highest BCUT2D eigenvalue weighted by Gasteiger charge is 2.33. The van der Waals surface area contributed by atoms with E-state index in [0.717, 1.165) is 24.3 Å². The van der Waals surface area contributed by atoms with Crippen molar-refractivity contribution in [2.24, 2.45) is 0 Å². The molecule has 0 aliphatic carbocycles. The number of nitrogens with zero attached hydrogens (tertiary/aromatic N) is 2. The maximum absolute atomic E-state index is 12.4. The predicted molar refractivity (Wildman–Crippen MR) is 72.2 cm³/mol. The Hall–Kier alpha value is 0.0200. The number of thiazole rings is 1. The standard InChI is InChI=1S/C10H15BrN2O2S2/c1-8-12-7-10(16-8)17(14,15)13-5-3-2-4-9(13)6-11/h7,9H,2-6H2,1H3.